The van der Waals surface area contributed by atoms with Gasteiger partial charge in [-0.3, -0.25) is 4.79 Å². The zero-order valence-corrected chi connectivity index (χ0v) is 36.0. The molecule has 64 heavy (non-hydrogen) atoms. The summed E-state index contributed by atoms with van der Waals surface area (Å²) in [6, 6.07) is 0. The van der Waals surface area contributed by atoms with Crippen LogP contribution in [0.2, 0.25) is 0 Å². The molecule has 22 nitrogen and oxygen atoms in total. The van der Waals surface area contributed by atoms with Gasteiger partial charge in [0.1, 0.15) is 91.6 Å². The maximum Gasteiger partial charge on any atom is 0.314 e. The molecule has 0 aromatic heterocycles. The number of ether oxygens (including phenoxy) is 8. The van der Waals surface area contributed by atoms with Gasteiger partial charge in [0.05, 0.1) is 37.9 Å². The average Bonchev–Trinajstić information content (AvgIpc) is 3.43. The van der Waals surface area contributed by atoms with E-state index in [1.165, 1.54) is 0 Å². The van der Waals surface area contributed by atoms with Gasteiger partial charge in [-0.2, -0.15) is 0 Å². The second-order valence-corrected chi connectivity index (χ2v) is 19.3. The molecule has 22 unspecified atom stereocenters. The first kappa shape index (κ1) is 50.3. The van der Waals surface area contributed by atoms with E-state index in [0.29, 0.717) is 50.5 Å². The zero-order valence-electron chi connectivity index (χ0n) is 36.0. The quantitative estimate of drug-likeness (QED) is 0.0685. The molecule has 4 heterocycles. The van der Waals surface area contributed by atoms with Gasteiger partial charge in [-0.1, -0.05) is 19.9 Å². The number of aliphatic hydroxyl groups is 13. The van der Waals surface area contributed by atoms with Gasteiger partial charge in [0.15, 0.2) is 18.9 Å². The van der Waals surface area contributed by atoms with Crippen molar-refractivity contribution in [3.8, 4) is 0 Å². The fourth-order valence-electron chi connectivity index (χ4n) is 11.8. The number of fused-ring (bicyclic) bond motifs is 3. The highest BCUT2D eigenvalue weighted by molar-refractivity contribution is 5.77. The summed E-state index contributed by atoms with van der Waals surface area (Å²) in [5.74, 6) is -0.649. The van der Waals surface area contributed by atoms with E-state index in [9.17, 15) is 71.2 Å². The van der Waals surface area contributed by atoms with E-state index in [4.69, 9.17) is 37.9 Å². The highest BCUT2D eigenvalue weighted by atomic mass is 16.8. The molecule has 0 aromatic rings. The van der Waals surface area contributed by atoms with Crippen LogP contribution in [0.25, 0.3) is 0 Å². The fraction of sp³-hybridized carbons (Fsp3) is 0.929. The lowest BCUT2D eigenvalue weighted by atomic mass is 9.45. The SMILES string of the molecule is C=C1CC2CCC3[C@](C)(C(=O)OC4OC(CO)C(O)C(O)C4O)CCC[C@@]3(C)[C@@H]2CCC1OC1OC(CO)C(O)C(OC2OC(CO)C(O)C(O)C2O)C1OC1OCC(O)C(O)C1O. The molecule has 3 saturated carbocycles. The minimum Gasteiger partial charge on any atom is -0.432 e. The molecule has 3 aliphatic carbocycles. The maximum absolute atomic E-state index is 14.2. The Morgan fingerprint density at radius 2 is 1.19 bits per heavy atom. The van der Waals surface area contributed by atoms with E-state index in [1.54, 1.807) is 0 Å². The van der Waals surface area contributed by atoms with Crippen molar-refractivity contribution < 1.29 is 109 Å². The zero-order chi connectivity index (χ0) is 46.6. The summed E-state index contributed by atoms with van der Waals surface area (Å²) < 4.78 is 47.3. The molecule has 7 rings (SSSR count). The first-order chi connectivity index (χ1) is 30.3. The van der Waals surface area contributed by atoms with Crippen LogP contribution in [0, 0.1) is 28.6 Å². The van der Waals surface area contributed by atoms with Crippen LogP contribution < -0.4 is 0 Å². The molecule has 368 valence electrons. The Bertz CT molecular complexity index is 1590. The second kappa shape index (κ2) is 20.2. The summed E-state index contributed by atoms with van der Waals surface area (Å²) in [4.78, 5) is 14.2. The van der Waals surface area contributed by atoms with Crippen LogP contribution in [0.5, 0.6) is 0 Å². The van der Waals surface area contributed by atoms with Crippen molar-refractivity contribution in [2.24, 2.45) is 28.6 Å². The summed E-state index contributed by atoms with van der Waals surface area (Å²) in [7, 11) is 0. The number of carbonyl (C=O) groups is 1. The van der Waals surface area contributed by atoms with Crippen molar-refractivity contribution in [2.45, 2.75) is 188 Å². The standard InChI is InChI=1S/C42H68O22/c1-16-11-17-5-8-24-41(2,9-4-10-42(24,3)40(56)64-38-33(55)30(52)27(49)22(13-44)60-38)18(17)6-7-20(16)58-39-35(63-36-31(53)25(47)19(46)15-57-36)34(28(50)23(14-45)61-39)62-37-32(54)29(51)26(48)21(12-43)59-37/h17-39,43-55H,1,4-15H2,2-3H3/t17?,18-,19?,20?,21?,22?,23?,24?,25?,26?,27?,28?,29?,30?,31?,32?,33?,34?,35?,36?,37?,38?,39?,41+,42-/m1/s1. The van der Waals surface area contributed by atoms with Crippen LogP contribution in [0.4, 0.5) is 0 Å². The van der Waals surface area contributed by atoms with Crippen molar-refractivity contribution in [2.75, 3.05) is 26.4 Å². The molecule has 0 spiro atoms. The minimum absolute atomic E-state index is 0.0450. The Balaban J connectivity index is 1.11. The van der Waals surface area contributed by atoms with E-state index in [2.05, 4.69) is 13.5 Å². The van der Waals surface area contributed by atoms with Crippen molar-refractivity contribution >= 4 is 5.97 Å². The molecule has 7 fully saturated rings. The summed E-state index contributed by atoms with van der Waals surface area (Å²) in [6.07, 6.45) is -27.3. The lowest BCUT2D eigenvalue weighted by molar-refractivity contribution is -0.389. The molecule has 13 N–H and O–H groups in total. The van der Waals surface area contributed by atoms with Crippen LogP contribution in [-0.2, 0) is 42.7 Å². The van der Waals surface area contributed by atoms with E-state index < -0.39 is 166 Å². The van der Waals surface area contributed by atoms with Crippen molar-refractivity contribution in [3.63, 3.8) is 0 Å². The molecule has 22 heteroatoms. The van der Waals surface area contributed by atoms with E-state index in [1.807, 2.05) is 6.92 Å². The Kier molecular flexibility index (Phi) is 15.8. The molecule has 4 saturated heterocycles. The lowest BCUT2D eigenvalue weighted by Crippen LogP contribution is -2.66. The number of hydrogen-bond donors (Lipinski definition) is 13. The monoisotopic (exact) mass is 924 g/mol. The number of rotatable bonds is 11. The number of esters is 1. The van der Waals surface area contributed by atoms with Crippen LogP contribution in [0.15, 0.2) is 12.2 Å². The van der Waals surface area contributed by atoms with Gasteiger partial charge in [0.25, 0.3) is 0 Å². The molecule has 0 radical (unpaired) electrons. The van der Waals surface area contributed by atoms with Gasteiger partial charge in [-0.25, -0.2) is 0 Å². The van der Waals surface area contributed by atoms with Gasteiger partial charge in [-0.05, 0) is 80.6 Å². The molecule has 0 aromatic carbocycles. The van der Waals surface area contributed by atoms with E-state index >= 15 is 0 Å². The highest BCUT2D eigenvalue weighted by Gasteiger charge is 2.61. The topological polar surface area (TPSA) is 354 Å². The molecule has 0 bridgehead atoms. The van der Waals surface area contributed by atoms with Crippen molar-refractivity contribution in [3.05, 3.63) is 12.2 Å². The van der Waals surface area contributed by atoms with Crippen molar-refractivity contribution in [1.82, 2.24) is 0 Å². The van der Waals surface area contributed by atoms with E-state index in [0.717, 1.165) is 6.42 Å². The van der Waals surface area contributed by atoms with Crippen LogP contribution in [-0.4, -0.2) is 222 Å². The van der Waals surface area contributed by atoms with Gasteiger partial charge >= 0.3 is 5.97 Å². The maximum atomic E-state index is 14.2. The molecular formula is C42H68O22. The normalized spacial score (nSPS) is 52.5. The van der Waals surface area contributed by atoms with Crippen molar-refractivity contribution in [1.29, 1.82) is 0 Å². The summed E-state index contributed by atoms with van der Waals surface area (Å²) in [6.45, 7) is 5.70. The third-order valence-electron chi connectivity index (χ3n) is 15.5. The molecule has 25 atom stereocenters. The predicted octanol–water partition coefficient (Wildman–Crippen LogP) is -4.62. The first-order valence-corrected chi connectivity index (χ1v) is 22.4. The number of carbonyl (C=O) groups excluding carboxylic acids is 1. The van der Waals surface area contributed by atoms with E-state index in [-0.39, 0.29) is 17.8 Å². The average molecular weight is 925 g/mol. The molecule has 0 amide bonds. The smallest absolute Gasteiger partial charge is 0.314 e. The second-order valence-electron chi connectivity index (χ2n) is 19.3. The number of hydrogen-bond acceptors (Lipinski definition) is 22. The molecular weight excluding hydrogens is 856 g/mol. The van der Waals surface area contributed by atoms with Crippen LogP contribution in [0.3, 0.4) is 0 Å². The Hall–Kier alpha value is -1.59. The van der Waals surface area contributed by atoms with Gasteiger partial charge in [0.2, 0.25) is 6.29 Å². The highest BCUT2D eigenvalue weighted by Crippen LogP contribution is 2.64. The summed E-state index contributed by atoms with van der Waals surface area (Å²) in [5.41, 5.74) is -0.742. The Morgan fingerprint density at radius 1 is 0.625 bits per heavy atom. The van der Waals surface area contributed by atoms with Gasteiger partial charge < -0.3 is 104 Å². The lowest BCUT2D eigenvalue weighted by Gasteiger charge is -2.59. The Labute approximate surface area is 369 Å². The first-order valence-electron chi connectivity index (χ1n) is 22.4. The van der Waals surface area contributed by atoms with Crippen LogP contribution in [0.1, 0.15) is 65.2 Å². The van der Waals surface area contributed by atoms with Gasteiger partial charge in [0, 0.05) is 0 Å². The van der Waals surface area contributed by atoms with Crippen LogP contribution >= 0.6 is 0 Å². The Morgan fingerprint density at radius 3 is 1.83 bits per heavy atom. The summed E-state index contributed by atoms with van der Waals surface area (Å²) in [5, 5.41) is 136. The summed E-state index contributed by atoms with van der Waals surface area (Å²) >= 11 is 0. The third-order valence-corrected chi connectivity index (χ3v) is 15.5. The largest absolute Gasteiger partial charge is 0.432 e. The fourth-order valence-corrected chi connectivity index (χ4v) is 11.8. The third kappa shape index (κ3) is 9.30. The molecule has 4 aliphatic heterocycles. The minimum atomic E-state index is -1.92. The molecule has 7 aliphatic rings. The number of aliphatic hydroxyl groups excluding tert-OH is 13. The predicted molar refractivity (Wildman–Crippen MR) is 211 cm³/mol. The van der Waals surface area contributed by atoms with Gasteiger partial charge in [-0.15, -0.1) is 0 Å².